The third-order valence-electron chi connectivity index (χ3n) is 3.93. The van der Waals surface area contributed by atoms with Crippen LogP contribution < -0.4 is 10.5 Å². The van der Waals surface area contributed by atoms with Gasteiger partial charge in [-0.3, -0.25) is 0 Å². The summed E-state index contributed by atoms with van der Waals surface area (Å²) in [6.45, 7) is 6.86. The van der Waals surface area contributed by atoms with Crippen molar-refractivity contribution in [3.63, 3.8) is 0 Å². The van der Waals surface area contributed by atoms with E-state index in [0.717, 1.165) is 17.7 Å². The van der Waals surface area contributed by atoms with Crippen LogP contribution in [-0.2, 0) is 0 Å². The first-order valence-corrected chi connectivity index (χ1v) is 7.27. The van der Waals surface area contributed by atoms with Gasteiger partial charge in [-0.25, -0.2) is 0 Å². The van der Waals surface area contributed by atoms with E-state index in [0.29, 0.717) is 18.3 Å². The van der Waals surface area contributed by atoms with E-state index in [-0.39, 0.29) is 17.4 Å². The summed E-state index contributed by atoms with van der Waals surface area (Å²) in [5.41, 5.74) is 7.20. The molecule has 5 nitrogen and oxygen atoms in total. The third kappa shape index (κ3) is 2.65. The first-order valence-electron chi connectivity index (χ1n) is 7.27. The zero-order valence-corrected chi connectivity index (χ0v) is 12.7. The number of para-hydroxylation sites is 1. The molecule has 1 aromatic carbocycles. The maximum Gasteiger partial charge on any atom is 0.234 e. The van der Waals surface area contributed by atoms with E-state index >= 15 is 0 Å². The van der Waals surface area contributed by atoms with Gasteiger partial charge < -0.3 is 15.0 Å². The maximum absolute atomic E-state index is 6.20. The SMILES string of the molecule is CC(C)(C)C(N)c1noc(C2CCOc3ccccc32)n1. The lowest BCUT2D eigenvalue weighted by Crippen LogP contribution is -2.27. The number of hydrogen-bond donors (Lipinski definition) is 1. The van der Waals surface area contributed by atoms with Gasteiger partial charge in [-0.05, 0) is 17.9 Å². The summed E-state index contributed by atoms with van der Waals surface area (Å²) < 4.78 is 11.1. The molecule has 0 aliphatic carbocycles. The van der Waals surface area contributed by atoms with Gasteiger partial charge in [-0.2, -0.15) is 4.98 Å². The second-order valence-corrected chi connectivity index (χ2v) is 6.56. The number of benzene rings is 1. The van der Waals surface area contributed by atoms with Crippen molar-refractivity contribution < 1.29 is 9.26 Å². The highest BCUT2D eigenvalue weighted by atomic mass is 16.5. The van der Waals surface area contributed by atoms with Crippen molar-refractivity contribution in [2.24, 2.45) is 11.1 Å². The van der Waals surface area contributed by atoms with Crippen molar-refractivity contribution in [3.8, 4) is 5.75 Å². The van der Waals surface area contributed by atoms with Crippen LogP contribution in [0.5, 0.6) is 5.75 Å². The highest BCUT2D eigenvalue weighted by Crippen LogP contribution is 2.38. The van der Waals surface area contributed by atoms with Crippen LogP contribution >= 0.6 is 0 Å². The summed E-state index contributed by atoms with van der Waals surface area (Å²) in [6.07, 6.45) is 0.837. The van der Waals surface area contributed by atoms with Crippen molar-refractivity contribution in [1.29, 1.82) is 0 Å². The van der Waals surface area contributed by atoms with E-state index in [9.17, 15) is 0 Å². The zero-order valence-electron chi connectivity index (χ0n) is 12.7. The number of hydrogen-bond acceptors (Lipinski definition) is 5. The molecule has 21 heavy (non-hydrogen) atoms. The molecule has 0 fully saturated rings. The van der Waals surface area contributed by atoms with E-state index in [1.165, 1.54) is 0 Å². The van der Waals surface area contributed by atoms with E-state index < -0.39 is 0 Å². The zero-order chi connectivity index (χ0) is 15.0. The largest absolute Gasteiger partial charge is 0.493 e. The van der Waals surface area contributed by atoms with Gasteiger partial charge in [0.25, 0.3) is 0 Å². The summed E-state index contributed by atoms with van der Waals surface area (Å²) in [5, 5.41) is 4.08. The lowest BCUT2D eigenvalue weighted by Gasteiger charge is -2.24. The molecule has 112 valence electrons. The Morgan fingerprint density at radius 2 is 2.05 bits per heavy atom. The van der Waals surface area contributed by atoms with Gasteiger partial charge in [0.15, 0.2) is 5.82 Å². The standard InChI is InChI=1S/C16H21N3O2/c1-16(2,3)13(17)14-18-15(21-19-14)11-8-9-20-12-7-5-4-6-10(11)12/h4-7,11,13H,8-9,17H2,1-3H3. The van der Waals surface area contributed by atoms with Crippen molar-refractivity contribution in [2.75, 3.05) is 6.61 Å². The molecule has 2 N–H and O–H groups in total. The fourth-order valence-corrected chi connectivity index (χ4v) is 2.50. The predicted molar refractivity (Wildman–Crippen MR) is 79.1 cm³/mol. The second-order valence-electron chi connectivity index (χ2n) is 6.56. The Kier molecular flexibility index (Phi) is 3.45. The van der Waals surface area contributed by atoms with Crippen LogP contribution in [0, 0.1) is 5.41 Å². The molecule has 0 bridgehead atoms. The summed E-state index contributed by atoms with van der Waals surface area (Å²) in [7, 11) is 0. The molecule has 0 saturated carbocycles. The first kappa shape index (κ1) is 14.1. The normalized spacial score (nSPS) is 19.7. The minimum Gasteiger partial charge on any atom is -0.493 e. The lowest BCUT2D eigenvalue weighted by molar-refractivity contribution is 0.255. The molecule has 5 heteroatoms. The molecule has 2 aromatic rings. The highest BCUT2D eigenvalue weighted by molar-refractivity contribution is 5.40. The average Bonchev–Trinajstić information content (AvgIpc) is 2.94. The maximum atomic E-state index is 6.20. The van der Waals surface area contributed by atoms with E-state index in [4.69, 9.17) is 15.0 Å². The van der Waals surface area contributed by atoms with E-state index in [1.807, 2.05) is 24.3 Å². The molecule has 1 aliphatic heterocycles. The third-order valence-corrected chi connectivity index (χ3v) is 3.93. The number of aromatic nitrogens is 2. The number of rotatable bonds is 2. The Morgan fingerprint density at radius 3 is 2.81 bits per heavy atom. The molecule has 0 radical (unpaired) electrons. The molecular weight excluding hydrogens is 266 g/mol. The van der Waals surface area contributed by atoms with Crippen LogP contribution in [-0.4, -0.2) is 16.7 Å². The number of nitrogens with zero attached hydrogens (tertiary/aromatic N) is 2. The monoisotopic (exact) mass is 287 g/mol. The summed E-state index contributed by atoms with van der Waals surface area (Å²) >= 11 is 0. The fraction of sp³-hybridized carbons (Fsp3) is 0.500. The molecule has 2 heterocycles. The predicted octanol–water partition coefficient (Wildman–Crippen LogP) is 3.03. The van der Waals surface area contributed by atoms with Crippen LogP contribution in [0.15, 0.2) is 28.8 Å². The second kappa shape index (κ2) is 5.15. The molecule has 3 rings (SSSR count). The van der Waals surface area contributed by atoms with Gasteiger partial charge in [-0.1, -0.05) is 44.1 Å². The number of fused-ring (bicyclic) bond motifs is 1. The highest BCUT2D eigenvalue weighted by Gasteiger charge is 2.31. The molecule has 0 spiro atoms. The Hall–Kier alpha value is -1.88. The molecule has 1 aromatic heterocycles. The van der Waals surface area contributed by atoms with Crippen molar-refractivity contribution >= 4 is 0 Å². The molecule has 1 aliphatic rings. The van der Waals surface area contributed by atoms with Crippen LogP contribution in [0.25, 0.3) is 0 Å². The number of ether oxygens (including phenoxy) is 1. The molecule has 2 unspecified atom stereocenters. The minimum atomic E-state index is -0.245. The summed E-state index contributed by atoms with van der Waals surface area (Å²) in [5.74, 6) is 2.18. The van der Waals surface area contributed by atoms with Crippen molar-refractivity contribution in [1.82, 2.24) is 10.1 Å². The Bertz CT molecular complexity index is 630. The van der Waals surface area contributed by atoms with Gasteiger partial charge in [-0.15, -0.1) is 0 Å². The van der Waals surface area contributed by atoms with Crippen LogP contribution in [0.3, 0.4) is 0 Å². The topological polar surface area (TPSA) is 74.2 Å². The molecular formula is C16H21N3O2. The molecule has 0 amide bonds. The quantitative estimate of drug-likeness (QED) is 0.919. The van der Waals surface area contributed by atoms with Gasteiger partial charge in [0.05, 0.1) is 18.6 Å². The Balaban J connectivity index is 1.91. The van der Waals surface area contributed by atoms with Crippen LogP contribution in [0.1, 0.15) is 56.4 Å². The van der Waals surface area contributed by atoms with Crippen molar-refractivity contribution in [3.05, 3.63) is 41.5 Å². The van der Waals surface area contributed by atoms with Gasteiger partial charge in [0.2, 0.25) is 5.89 Å². The number of nitrogens with two attached hydrogens (primary N) is 1. The average molecular weight is 287 g/mol. The fourth-order valence-electron chi connectivity index (χ4n) is 2.50. The first-order chi connectivity index (χ1) is 9.97. The van der Waals surface area contributed by atoms with E-state index in [1.54, 1.807) is 0 Å². The Morgan fingerprint density at radius 1 is 1.29 bits per heavy atom. The lowest BCUT2D eigenvalue weighted by atomic mass is 9.87. The van der Waals surface area contributed by atoms with Crippen LogP contribution in [0.2, 0.25) is 0 Å². The van der Waals surface area contributed by atoms with Gasteiger partial charge >= 0.3 is 0 Å². The Labute approximate surface area is 124 Å². The van der Waals surface area contributed by atoms with Gasteiger partial charge in [0.1, 0.15) is 5.75 Å². The summed E-state index contributed by atoms with van der Waals surface area (Å²) in [4.78, 5) is 4.54. The van der Waals surface area contributed by atoms with Gasteiger partial charge in [0, 0.05) is 5.56 Å². The van der Waals surface area contributed by atoms with Crippen molar-refractivity contribution in [2.45, 2.75) is 39.2 Å². The molecule has 2 atom stereocenters. The van der Waals surface area contributed by atoms with Crippen LogP contribution in [0.4, 0.5) is 0 Å². The van der Waals surface area contributed by atoms with E-state index in [2.05, 4.69) is 30.9 Å². The molecule has 0 saturated heterocycles. The summed E-state index contributed by atoms with van der Waals surface area (Å²) in [6, 6.07) is 7.74. The smallest absolute Gasteiger partial charge is 0.234 e. The minimum absolute atomic E-state index is 0.0865.